The van der Waals surface area contributed by atoms with Crippen LogP contribution in [0.15, 0.2) is 84.9 Å². The fraction of sp³-hybridized carbons (Fsp3) is 0.192. The Bertz CT molecular complexity index is 1010. The summed E-state index contributed by atoms with van der Waals surface area (Å²) in [7, 11) is 0. The quantitative estimate of drug-likeness (QED) is 0.420. The summed E-state index contributed by atoms with van der Waals surface area (Å²) in [5, 5.41) is 0.764. The smallest absolute Gasteiger partial charge is 0.254 e. The van der Waals surface area contributed by atoms with Crippen LogP contribution >= 0.6 is 11.6 Å². The molecule has 30 heavy (non-hydrogen) atoms. The molecule has 0 N–H and O–H groups in total. The van der Waals surface area contributed by atoms with E-state index < -0.39 is 0 Å². The minimum atomic E-state index is 0.0902. The van der Waals surface area contributed by atoms with Crippen molar-refractivity contribution in [1.29, 1.82) is 0 Å². The van der Waals surface area contributed by atoms with Crippen LogP contribution in [0.1, 0.15) is 16.7 Å². The van der Waals surface area contributed by atoms with Gasteiger partial charge in [-0.3, -0.25) is 9.69 Å². The normalized spacial score (nSPS) is 15.2. The Balaban J connectivity index is 1.47. The number of nitrogens with zero attached hydrogens (tertiary/aromatic N) is 2. The Kier molecular flexibility index (Phi) is 6.63. The van der Waals surface area contributed by atoms with Crippen molar-refractivity contribution in [3.8, 4) is 0 Å². The van der Waals surface area contributed by atoms with Crippen LogP contribution < -0.4 is 0 Å². The topological polar surface area (TPSA) is 23.6 Å². The van der Waals surface area contributed by atoms with E-state index in [0.717, 1.165) is 54.4 Å². The molecule has 0 saturated carbocycles. The molecular formula is C26H25ClN2O. The number of hydrogen-bond donors (Lipinski definition) is 0. The molecule has 0 aromatic heterocycles. The number of piperazine rings is 1. The van der Waals surface area contributed by atoms with Gasteiger partial charge in [0.1, 0.15) is 0 Å². The molecular weight excluding hydrogens is 392 g/mol. The van der Waals surface area contributed by atoms with Crippen molar-refractivity contribution in [2.45, 2.75) is 6.54 Å². The largest absolute Gasteiger partial charge is 0.336 e. The average molecular weight is 417 g/mol. The first kappa shape index (κ1) is 20.4. The maximum absolute atomic E-state index is 13.4. The first-order valence-electron chi connectivity index (χ1n) is 10.3. The van der Waals surface area contributed by atoms with Crippen molar-refractivity contribution in [1.82, 2.24) is 9.80 Å². The van der Waals surface area contributed by atoms with Crippen LogP contribution in [-0.4, -0.2) is 41.9 Å². The van der Waals surface area contributed by atoms with Gasteiger partial charge in [0.25, 0.3) is 5.91 Å². The summed E-state index contributed by atoms with van der Waals surface area (Å²) < 4.78 is 0. The molecule has 1 heterocycles. The van der Waals surface area contributed by atoms with Crippen molar-refractivity contribution in [3.63, 3.8) is 0 Å². The van der Waals surface area contributed by atoms with Crippen molar-refractivity contribution in [3.05, 3.63) is 107 Å². The number of amides is 1. The van der Waals surface area contributed by atoms with Gasteiger partial charge in [0.15, 0.2) is 0 Å². The summed E-state index contributed by atoms with van der Waals surface area (Å²) in [4.78, 5) is 17.8. The molecule has 0 radical (unpaired) electrons. The maximum atomic E-state index is 13.4. The molecule has 3 aromatic rings. The lowest BCUT2D eigenvalue weighted by Gasteiger charge is -2.35. The van der Waals surface area contributed by atoms with Crippen molar-refractivity contribution in [2.24, 2.45) is 0 Å². The van der Waals surface area contributed by atoms with Gasteiger partial charge in [0.05, 0.1) is 0 Å². The fourth-order valence-electron chi connectivity index (χ4n) is 3.78. The average Bonchev–Trinajstić information content (AvgIpc) is 2.79. The van der Waals surface area contributed by atoms with E-state index in [1.807, 2.05) is 89.8 Å². The SMILES string of the molecule is O=C(/C(=C\c1ccccc1)c1ccccc1)N1CCN(Cc2cccc(Cl)c2)CC1. The Morgan fingerprint density at radius 2 is 1.50 bits per heavy atom. The lowest BCUT2D eigenvalue weighted by atomic mass is 10.0. The van der Waals surface area contributed by atoms with E-state index in [2.05, 4.69) is 11.0 Å². The second kappa shape index (κ2) is 9.75. The summed E-state index contributed by atoms with van der Waals surface area (Å²) in [5.74, 6) is 0.0902. The minimum absolute atomic E-state index is 0.0902. The zero-order valence-electron chi connectivity index (χ0n) is 16.9. The van der Waals surface area contributed by atoms with Crippen molar-refractivity contribution in [2.75, 3.05) is 26.2 Å². The summed E-state index contributed by atoms with van der Waals surface area (Å²) >= 11 is 6.11. The zero-order chi connectivity index (χ0) is 20.8. The molecule has 0 spiro atoms. The van der Waals surface area contributed by atoms with E-state index >= 15 is 0 Å². The molecule has 152 valence electrons. The highest BCUT2D eigenvalue weighted by Gasteiger charge is 2.24. The van der Waals surface area contributed by atoms with Crippen molar-refractivity contribution >= 4 is 29.2 Å². The first-order chi connectivity index (χ1) is 14.7. The van der Waals surface area contributed by atoms with Gasteiger partial charge >= 0.3 is 0 Å². The number of rotatable bonds is 5. The summed E-state index contributed by atoms with van der Waals surface area (Å²) in [6.07, 6.45) is 2.00. The Labute approximate surface area is 183 Å². The predicted octanol–water partition coefficient (Wildman–Crippen LogP) is 5.23. The van der Waals surface area contributed by atoms with Crippen LogP contribution in [0.2, 0.25) is 5.02 Å². The van der Waals surface area contributed by atoms with Gasteiger partial charge in [-0.1, -0.05) is 84.4 Å². The van der Waals surface area contributed by atoms with Crippen molar-refractivity contribution < 1.29 is 4.79 Å². The lowest BCUT2D eigenvalue weighted by Crippen LogP contribution is -2.48. The molecule has 3 aromatic carbocycles. The first-order valence-corrected chi connectivity index (χ1v) is 10.6. The number of hydrogen-bond acceptors (Lipinski definition) is 2. The second-order valence-corrected chi connectivity index (χ2v) is 7.97. The summed E-state index contributed by atoms with van der Waals surface area (Å²) in [5.41, 5.74) is 3.93. The molecule has 0 aliphatic carbocycles. The molecule has 1 aliphatic heterocycles. The predicted molar refractivity (Wildman–Crippen MR) is 124 cm³/mol. The molecule has 1 fully saturated rings. The van der Waals surface area contributed by atoms with E-state index in [4.69, 9.17) is 11.6 Å². The molecule has 4 heteroatoms. The molecule has 1 amide bonds. The van der Waals surface area contributed by atoms with Crippen LogP contribution in [0.4, 0.5) is 0 Å². The molecule has 1 saturated heterocycles. The standard InChI is InChI=1S/C26H25ClN2O/c27-24-13-7-10-22(18-24)20-28-14-16-29(17-15-28)26(30)25(23-11-5-2-6-12-23)19-21-8-3-1-4-9-21/h1-13,18-19H,14-17,20H2/b25-19-. The fourth-order valence-corrected chi connectivity index (χ4v) is 3.99. The Morgan fingerprint density at radius 1 is 0.833 bits per heavy atom. The third kappa shape index (κ3) is 5.18. The van der Waals surface area contributed by atoms with E-state index in [1.54, 1.807) is 0 Å². The van der Waals surface area contributed by atoms with Crippen LogP contribution in [0.25, 0.3) is 11.6 Å². The summed E-state index contributed by atoms with van der Waals surface area (Å²) in [6.45, 7) is 4.00. The maximum Gasteiger partial charge on any atom is 0.254 e. The van der Waals surface area contributed by atoms with Crippen LogP contribution in [0, 0.1) is 0 Å². The third-order valence-electron chi connectivity index (χ3n) is 5.38. The van der Waals surface area contributed by atoms with E-state index in [-0.39, 0.29) is 5.91 Å². The third-order valence-corrected chi connectivity index (χ3v) is 5.62. The van der Waals surface area contributed by atoms with E-state index in [1.165, 1.54) is 5.56 Å². The molecule has 0 atom stereocenters. The second-order valence-electron chi connectivity index (χ2n) is 7.53. The highest BCUT2D eigenvalue weighted by atomic mass is 35.5. The number of halogens is 1. The minimum Gasteiger partial charge on any atom is -0.336 e. The molecule has 0 unspecified atom stereocenters. The van der Waals surface area contributed by atoms with Gasteiger partial charge in [-0.2, -0.15) is 0 Å². The van der Waals surface area contributed by atoms with E-state index in [9.17, 15) is 4.79 Å². The van der Waals surface area contributed by atoms with Gasteiger partial charge in [-0.25, -0.2) is 0 Å². The lowest BCUT2D eigenvalue weighted by molar-refractivity contribution is -0.126. The van der Waals surface area contributed by atoms with Gasteiger partial charge in [0.2, 0.25) is 0 Å². The van der Waals surface area contributed by atoms with Gasteiger partial charge in [-0.05, 0) is 34.9 Å². The monoisotopic (exact) mass is 416 g/mol. The van der Waals surface area contributed by atoms with Crippen LogP contribution in [0.3, 0.4) is 0 Å². The zero-order valence-corrected chi connectivity index (χ0v) is 17.6. The Morgan fingerprint density at radius 3 is 2.17 bits per heavy atom. The number of carbonyl (C=O) groups excluding carboxylic acids is 1. The molecule has 4 rings (SSSR count). The van der Waals surface area contributed by atoms with Crippen LogP contribution in [-0.2, 0) is 11.3 Å². The summed E-state index contributed by atoms with van der Waals surface area (Å²) in [6, 6.07) is 27.9. The highest BCUT2D eigenvalue weighted by molar-refractivity contribution is 6.30. The number of carbonyl (C=O) groups is 1. The van der Waals surface area contributed by atoms with Gasteiger partial charge < -0.3 is 4.90 Å². The van der Waals surface area contributed by atoms with Gasteiger partial charge in [-0.15, -0.1) is 0 Å². The van der Waals surface area contributed by atoms with Gasteiger partial charge in [0, 0.05) is 43.3 Å². The highest BCUT2D eigenvalue weighted by Crippen LogP contribution is 2.22. The molecule has 1 aliphatic rings. The Hall–Kier alpha value is -2.88. The molecule has 3 nitrogen and oxygen atoms in total. The van der Waals surface area contributed by atoms with Crippen LogP contribution in [0.5, 0.6) is 0 Å². The molecule has 0 bridgehead atoms. The number of benzene rings is 3. The van der Waals surface area contributed by atoms with E-state index in [0.29, 0.717) is 0 Å².